The van der Waals surface area contributed by atoms with Crippen molar-refractivity contribution < 1.29 is 4.42 Å². The second kappa shape index (κ2) is 9.11. The molecular formula is C40H24BN5O. The second-order valence-corrected chi connectivity index (χ2v) is 12.2. The van der Waals surface area contributed by atoms with Gasteiger partial charge < -0.3 is 13.4 Å². The van der Waals surface area contributed by atoms with E-state index in [1.807, 2.05) is 18.2 Å². The number of hydrogen-bond donors (Lipinski definition) is 0. The van der Waals surface area contributed by atoms with Gasteiger partial charge in [0.15, 0.2) is 0 Å². The Balaban J connectivity index is 1.37. The molecule has 0 atom stereocenters. The van der Waals surface area contributed by atoms with E-state index in [9.17, 15) is 0 Å². The van der Waals surface area contributed by atoms with Crippen molar-refractivity contribution in [2.75, 3.05) is 4.90 Å². The van der Waals surface area contributed by atoms with Gasteiger partial charge in [0.25, 0.3) is 0 Å². The van der Waals surface area contributed by atoms with Crippen LogP contribution in [0, 0.1) is 0 Å². The largest absolute Gasteiger partial charge is 0.456 e. The summed E-state index contributed by atoms with van der Waals surface area (Å²) in [6, 6.07) is 51.1. The molecule has 1 aliphatic rings. The van der Waals surface area contributed by atoms with Crippen molar-refractivity contribution in [1.82, 2.24) is 18.9 Å². The highest BCUT2D eigenvalue weighted by Crippen LogP contribution is 2.47. The lowest BCUT2D eigenvalue weighted by Gasteiger charge is -2.34. The van der Waals surface area contributed by atoms with E-state index in [1.54, 1.807) is 0 Å². The highest BCUT2D eigenvalue weighted by Gasteiger charge is 2.42. The summed E-state index contributed by atoms with van der Waals surface area (Å²) in [6.07, 6.45) is 0. The summed E-state index contributed by atoms with van der Waals surface area (Å²) in [6.45, 7) is -0.246. The van der Waals surface area contributed by atoms with Crippen molar-refractivity contribution in [1.29, 1.82) is 0 Å². The van der Waals surface area contributed by atoms with E-state index in [0.29, 0.717) is 0 Å². The van der Waals surface area contributed by atoms with Gasteiger partial charge in [0, 0.05) is 16.2 Å². The average Bonchev–Trinajstić information content (AvgIpc) is 3.83. The molecule has 47 heavy (non-hydrogen) atoms. The zero-order valence-electron chi connectivity index (χ0n) is 25.1. The van der Waals surface area contributed by atoms with Gasteiger partial charge in [-0.25, -0.2) is 9.97 Å². The van der Waals surface area contributed by atoms with Gasteiger partial charge in [-0.05, 0) is 46.6 Å². The zero-order chi connectivity index (χ0) is 30.6. The number of anilines is 3. The molecule has 0 saturated heterocycles. The van der Waals surface area contributed by atoms with E-state index in [1.165, 1.54) is 10.8 Å². The number of imidazole rings is 2. The predicted octanol–water partition coefficient (Wildman–Crippen LogP) is 9.17. The van der Waals surface area contributed by atoms with Crippen LogP contribution in [0.15, 0.2) is 150 Å². The molecule has 1 aliphatic heterocycles. The molecule has 0 bridgehead atoms. The molecule has 4 heterocycles. The molecule has 218 valence electrons. The van der Waals surface area contributed by atoms with Gasteiger partial charge in [-0.1, -0.05) is 115 Å². The molecule has 0 radical (unpaired) electrons. The number of nitrogens with zero attached hydrogens (tertiary/aromatic N) is 5. The third-order valence-electron chi connectivity index (χ3n) is 9.72. The number of aromatic nitrogens is 4. The molecule has 6 nitrogen and oxygen atoms in total. The van der Waals surface area contributed by atoms with E-state index in [2.05, 4.69) is 141 Å². The maximum absolute atomic E-state index is 6.40. The van der Waals surface area contributed by atoms with Crippen molar-refractivity contribution >= 4 is 95.6 Å². The second-order valence-electron chi connectivity index (χ2n) is 12.2. The Morgan fingerprint density at radius 2 is 1.02 bits per heavy atom. The van der Waals surface area contributed by atoms with Crippen LogP contribution in [0.2, 0.25) is 0 Å². The Labute approximate surface area is 268 Å². The standard InChI is InChI=1S/C40H24BN5O/c1-2-13-27(14-3-1)41-45-37-28-15-6-4-11-25(28)21-23-31(37)42-39(45)44(33-18-10-20-35-36(33)30-17-8-9-19-34(30)47-35)40-43-32-24-22-26-12-5-7-16-29(26)38(32)46(40)41/h1-24H. The summed E-state index contributed by atoms with van der Waals surface area (Å²) < 4.78 is 11.2. The highest BCUT2D eigenvalue weighted by molar-refractivity contribution is 6.73. The van der Waals surface area contributed by atoms with Crippen molar-refractivity contribution in [2.45, 2.75) is 0 Å². The molecule has 0 N–H and O–H groups in total. The third kappa shape index (κ3) is 3.30. The topological polar surface area (TPSA) is 52.0 Å². The van der Waals surface area contributed by atoms with Crippen LogP contribution >= 0.6 is 0 Å². The highest BCUT2D eigenvalue weighted by atomic mass is 16.3. The van der Waals surface area contributed by atoms with Crippen LogP contribution in [-0.4, -0.2) is 25.9 Å². The van der Waals surface area contributed by atoms with Crippen LogP contribution in [0.3, 0.4) is 0 Å². The van der Waals surface area contributed by atoms with E-state index < -0.39 is 0 Å². The van der Waals surface area contributed by atoms with Crippen LogP contribution in [0.1, 0.15) is 0 Å². The van der Waals surface area contributed by atoms with Crippen LogP contribution in [0.4, 0.5) is 17.6 Å². The van der Waals surface area contributed by atoms with Gasteiger partial charge in [0.05, 0.1) is 33.1 Å². The first-order chi connectivity index (χ1) is 23.3. The van der Waals surface area contributed by atoms with E-state index in [0.717, 1.165) is 77.8 Å². The fraction of sp³-hybridized carbons (Fsp3) is 0. The Kier molecular flexibility index (Phi) is 4.83. The molecule has 0 aliphatic carbocycles. The summed E-state index contributed by atoms with van der Waals surface area (Å²) >= 11 is 0. The van der Waals surface area contributed by atoms with Gasteiger partial charge in [0.2, 0.25) is 11.9 Å². The average molecular weight is 601 g/mol. The number of fused-ring (bicyclic) bond motifs is 13. The molecule has 11 rings (SSSR count). The SMILES string of the molecule is c1ccc(B2n3c(nc4ccc5ccccc5c43)N(c3cccc4oc5ccccc5c34)c3nc4ccc5ccccc5c4n32)cc1. The first-order valence-corrected chi connectivity index (χ1v) is 15.9. The first-order valence-electron chi connectivity index (χ1n) is 15.9. The molecule has 0 unspecified atom stereocenters. The molecule has 0 saturated carbocycles. The van der Waals surface area contributed by atoms with Crippen molar-refractivity contribution in [3.63, 3.8) is 0 Å². The minimum atomic E-state index is -0.246. The van der Waals surface area contributed by atoms with Gasteiger partial charge in [-0.2, -0.15) is 0 Å². The quantitative estimate of drug-likeness (QED) is 0.186. The normalized spacial score (nSPS) is 13.0. The number of furan rings is 1. The van der Waals surface area contributed by atoms with Gasteiger partial charge in [-0.15, -0.1) is 0 Å². The Morgan fingerprint density at radius 1 is 0.468 bits per heavy atom. The predicted molar refractivity (Wildman–Crippen MR) is 193 cm³/mol. The number of hydrogen-bond acceptors (Lipinski definition) is 4. The Morgan fingerprint density at radius 3 is 1.68 bits per heavy atom. The molecule has 0 spiro atoms. The fourth-order valence-corrected chi connectivity index (χ4v) is 7.76. The lowest BCUT2D eigenvalue weighted by molar-refractivity contribution is 0.669. The zero-order valence-corrected chi connectivity index (χ0v) is 25.1. The smallest absolute Gasteiger partial charge is 0.425 e. The minimum absolute atomic E-state index is 0.246. The number of para-hydroxylation sites is 1. The molecular weight excluding hydrogens is 577 g/mol. The first kappa shape index (κ1) is 24.9. The summed E-state index contributed by atoms with van der Waals surface area (Å²) in [7, 11) is 0. The third-order valence-corrected chi connectivity index (χ3v) is 9.72. The minimum Gasteiger partial charge on any atom is -0.456 e. The van der Waals surface area contributed by atoms with Crippen molar-refractivity contribution in [2.24, 2.45) is 0 Å². The molecule has 7 heteroatoms. The number of benzene rings is 7. The number of rotatable bonds is 2. The molecule has 10 aromatic rings. The van der Waals surface area contributed by atoms with Gasteiger partial charge >= 0.3 is 6.98 Å². The molecule has 7 aromatic carbocycles. The van der Waals surface area contributed by atoms with Gasteiger partial charge in [0.1, 0.15) is 11.2 Å². The van der Waals surface area contributed by atoms with Crippen LogP contribution in [0.5, 0.6) is 0 Å². The lowest BCUT2D eigenvalue weighted by atomic mass is 9.66. The molecule has 0 amide bonds. The maximum Gasteiger partial charge on any atom is 0.425 e. The van der Waals surface area contributed by atoms with Crippen LogP contribution in [-0.2, 0) is 0 Å². The van der Waals surface area contributed by atoms with E-state index in [-0.39, 0.29) is 6.98 Å². The Hall–Kier alpha value is -6.34. The van der Waals surface area contributed by atoms with Crippen molar-refractivity contribution in [3.05, 3.63) is 146 Å². The molecule has 0 fully saturated rings. The van der Waals surface area contributed by atoms with Crippen molar-refractivity contribution in [3.8, 4) is 0 Å². The maximum atomic E-state index is 6.40. The van der Waals surface area contributed by atoms with E-state index in [4.69, 9.17) is 14.4 Å². The van der Waals surface area contributed by atoms with E-state index >= 15 is 0 Å². The monoisotopic (exact) mass is 601 g/mol. The molecule has 3 aromatic heterocycles. The summed E-state index contributed by atoms with van der Waals surface area (Å²) in [5.41, 5.74) is 7.87. The van der Waals surface area contributed by atoms with Gasteiger partial charge in [-0.3, -0.25) is 4.90 Å². The summed E-state index contributed by atoms with van der Waals surface area (Å²) in [5, 5.41) is 6.77. The van der Waals surface area contributed by atoms with Crippen LogP contribution in [0.25, 0.3) is 65.6 Å². The summed E-state index contributed by atoms with van der Waals surface area (Å²) in [4.78, 5) is 13.1. The Bertz CT molecular complexity index is 2760. The fourth-order valence-electron chi connectivity index (χ4n) is 7.76. The summed E-state index contributed by atoms with van der Waals surface area (Å²) in [5.74, 6) is 1.63. The lowest BCUT2D eigenvalue weighted by Crippen LogP contribution is -2.50. The van der Waals surface area contributed by atoms with Crippen LogP contribution < -0.4 is 10.4 Å².